The first-order valence-electron chi connectivity index (χ1n) is 10.7. The highest BCUT2D eigenvalue weighted by Crippen LogP contribution is 2.52. The number of hydrogen-bond donors (Lipinski definition) is 2. The van der Waals surface area contributed by atoms with E-state index in [-0.39, 0.29) is 5.91 Å². The average Bonchev–Trinajstić information content (AvgIpc) is 3.49. The number of esters is 1. The van der Waals surface area contributed by atoms with Crippen molar-refractivity contribution in [3.8, 4) is 6.07 Å². The van der Waals surface area contributed by atoms with E-state index in [1.807, 2.05) is 36.5 Å². The second-order valence-electron chi connectivity index (χ2n) is 8.33. The number of halogens is 1. The van der Waals surface area contributed by atoms with Gasteiger partial charge in [-0.05, 0) is 48.0 Å². The molecule has 3 heterocycles. The van der Waals surface area contributed by atoms with Crippen LogP contribution in [-0.2, 0) is 14.3 Å². The van der Waals surface area contributed by atoms with Crippen molar-refractivity contribution in [1.29, 1.82) is 5.26 Å². The number of carbonyl (C=O) groups is 2. The summed E-state index contributed by atoms with van der Waals surface area (Å²) in [5.74, 6) is -1.58. The Kier molecular flexibility index (Phi) is 5.48. The number of nitrogens with one attached hydrogen (secondary N) is 2. The zero-order valence-electron chi connectivity index (χ0n) is 18.2. The molecule has 0 spiro atoms. The molecule has 3 aromatic rings. The lowest BCUT2D eigenvalue weighted by atomic mass is 9.68. The van der Waals surface area contributed by atoms with Crippen LogP contribution < -0.4 is 10.2 Å². The minimum atomic E-state index is -1.70. The number of anilines is 1. The second kappa shape index (κ2) is 8.49. The van der Waals surface area contributed by atoms with Crippen molar-refractivity contribution in [3.05, 3.63) is 95.0 Å². The van der Waals surface area contributed by atoms with E-state index in [9.17, 15) is 14.9 Å². The van der Waals surface area contributed by atoms with Crippen molar-refractivity contribution >= 4 is 35.2 Å². The maximum atomic E-state index is 13.8. The first kappa shape index (κ1) is 22.0. The molecule has 5 rings (SSSR count). The quantitative estimate of drug-likeness (QED) is 0.565. The lowest BCUT2D eigenvalue weighted by Crippen LogP contribution is -3.12. The highest BCUT2D eigenvalue weighted by Gasteiger charge is 2.72. The van der Waals surface area contributed by atoms with E-state index in [0.29, 0.717) is 21.4 Å². The van der Waals surface area contributed by atoms with Crippen LogP contribution in [0.4, 0.5) is 5.69 Å². The normalized spacial score (nSPS) is 26.7. The number of fused-ring (bicyclic) bond motifs is 3. The topological polar surface area (TPSA) is 96.8 Å². The number of ether oxygens (including phenoxy) is 1. The van der Waals surface area contributed by atoms with Gasteiger partial charge in [-0.15, -0.1) is 0 Å². The molecular weight excluding hydrogens is 454 g/mol. The van der Waals surface area contributed by atoms with Crippen LogP contribution in [0.15, 0.2) is 77.5 Å². The summed E-state index contributed by atoms with van der Waals surface area (Å²) in [5, 5.41) is 14.1. The number of furan rings is 1. The standard InChI is InChI=1S/C26H20ClN3O4/c1-33-25(32)26(15-28)21(20-7-4-14-34-20)22(24(31)29-18-10-8-17(27)9-11-18)30-13-12-16-5-2-3-6-19(16)23(26)30/h2-14,21-23H,1H3,(H,29,31)/p+1/t21-,22+,23-,26-/m0/s1. The second-order valence-corrected chi connectivity index (χ2v) is 8.77. The molecule has 2 aliphatic rings. The summed E-state index contributed by atoms with van der Waals surface area (Å²) in [7, 11) is 1.26. The number of nitrogens with zero attached hydrogens (tertiary/aromatic N) is 1. The van der Waals surface area contributed by atoms with Crippen molar-refractivity contribution in [2.75, 3.05) is 12.4 Å². The fourth-order valence-electron chi connectivity index (χ4n) is 5.32. The van der Waals surface area contributed by atoms with Crippen LogP contribution in [0, 0.1) is 16.7 Å². The van der Waals surface area contributed by atoms with Crippen LogP contribution in [0.5, 0.6) is 0 Å². The molecular formula is C26H21ClN3O4+. The molecule has 2 aliphatic heterocycles. The summed E-state index contributed by atoms with van der Waals surface area (Å²) in [4.78, 5) is 27.9. The van der Waals surface area contributed by atoms with Gasteiger partial charge in [0.2, 0.25) is 5.41 Å². The molecule has 1 unspecified atom stereocenters. The van der Waals surface area contributed by atoms with E-state index >= 15 is 0 Å². The maximum absolute atomic E-state index is 13.8. The molecule has 2 aromatic carbocycles. The van der Waals surface area contributed by atoms with Crippen LogP contribution in [-0.4, -0.2) is 25.0 Å². The molecule has 8 heteroatoms. The number of amides is 1. The average molecular weight is 475 g/mol. The van der Waals surface area contributed by atoms with Crippen molar-refractivity contribution in [1.82, 2.24) is 0 Å². The molecule has 0 bridgehead atoms. The lowest BCUT2D eigenvalue weighted by Gasteiger charge is -2.31. The Bertz CT molecular complexity index is 1310. The van der Waals surface area contributed by atoms with Crippen LogP contribution in [0.3, 0.4) is 0 Å². The molecule has 1 saturated heterocycles. The third-order valence-electron chi connectivity index (χ3n) is 6.69. The number of quaternary nitrogens is 1. The zero-order chi connectivity index (χ0) is 23.9. The monoisotopic (exact) mass is 474 g/mol. The summed E-state index contributed by atoms with van der Waals surface area (Å²) in [6.45, 7) is 0. The molecule has 1 fully saturated rings. The van der Waals surface area contributed by atoms with Crippen molar-refractivity contribution < 1.29 is 23.6 Å². The smallest absolute Gasteiger partial charge is 0.333 e. The van der Waals surface area contributed by atoms with E-state index in [1.165, 1.54) is 13.4 Å². The van der Waals surface area contributed by atoms with Gasteiger partial charge >= 0.3 is 5.97 Å². The van der Waals surface area contributed by atoms with Gasteiger partial charge in [0.1, 0.15) is 17.7 Å². The van der Waals surface area contributed by atoms with Gasteiger partial charge in [0.25, 0.3) is 5.91 Å². The Morgan fingerprint density at radius 2 is 1.91 bits per heavy atom. The summed E-state index contributed by atoms with van der Waals surface area (Å²) in [6.07, 6.45) is 5.23. The zero-order valence-corrected chi connectivity index (χ0v) is 19.0. The van der Waals surface area contributed by atoms with E-state index in [1.54, 1.807) is 36.4 Å². The largest absolute Gasteiger partial charge is 0.469 e. The number of nitriles is 1. The van der Waals surface area contributed by atoms with Gasteiger partial charge < -0.3 is 14.5 Å². The molecule has 170 valence electrons. The summed E-state index contributed by atoms with van der Waals surface area (Å²) in [5.41, 5.74) is 0.532. The minimum absolute atomic E-state index is 0.353. The highest BCUT2D eigenvalue weighted by molar-refractivity contribution is 6.30. The molecule has 0 radical (unpaired) electrons. The maximum Gasteiger partial charge on any atom is 0.333 e. The number of methoxy groups -OCH3 is 1. The molecule has 5 atom stereocenters. The lowest BCUT2D eigenvalue weighted by molar-refractivity contribution is -0.885. The van der Waals surface area contributed by atoms with Crippen LogP contribution >= 0.6 is 11.6 Å². The third-order valence-corrected chi connectivity index (χ3v) is 6.94. The molecule has 0 saturated carbocycles. The molecule has 1 amide bonds. The molecule has 34 heavy (non-hydrogen) atoms. The molecule has 1 aromatic heterocycles. The summed E-state index contributed by atoms with van der Waals surface area (Å²) >= 11 is 5.99. The number of hydrogen-bond acceptors (Lipinski definition) is 5. The Morgan fingerprint density at radius 1 is 1.15 bits per heavy atom. The van der Waals surface area contributed by atoms with Gasteiger partial charge in [0.05, 0.1) is 25.6 Å². The first-order chi connectivity index (χ1) is 16.5. The van der Waals surface area contributed by atoms with E-state index in [0.717, 1.165) is 11.1 Å². The van der Waals surface area contributed by atoms with Crippen LogP contribution in [0.1, 0.15) is 28.8 Å². The van der Waals surface area contributed by atoms with E-state index in [2.05, 4.69) is 11.4 Å². The Labute approximate surface area is 201 Å². The summed E-state index contributed by atoms with van der Waals surface area (Å²) < 4.78 is 10.9. The Balaban J connectivity index is 1.70. The van der Waals surface area contributed by atoms with E-state index < -0.39 is 29.4 Å². The van der Waals surface area contributed by atoms with Gasteiger partial charge in [0, 0.05) is 16.3 Å². The first-order valence-corrected chi connectivity index (χ1v) is 11.1. The van der Waals surface area contributed by atoms with Gasteiger partial charge in [-0.2, -0.15) is 5.26 Å². The van der Waals surface area contributed by atoms with Crippen molar-refractivity contribution in [3.63, 3.8) is 0 Å². The van der Waals surface area contributed by atoms with Gasteiger partial charge in [0.15, 0.2) is 6.04 Å². The molecule has 7 nitrogen and oxygen atoms in total. The Hall–Kier alpha value is -3.86. The van der Waals surface area contributed by atoms with Gasteiger partial charge in [-0.25, -0.2) is 0 Å². The van der Waals surface area contributed by atoms with Crippen molar-refractivity contribution in [2.45, 2.75) is 18.0 Å². The fourth-order valence-corrected chi connectivity index (χ4v) is 5.45. The van der Waals surface area contributed by atoms with Gasteiger partial charge in [-0.3, -0.25) is 14.5 Å². The molecule has 2 N–H and O–H groups in total. The van der Waals surface area contributed by atoms with Gasteiger partial charge in [-0.1, -0.05) is 35.9 Å². The van der Waals surface area contributed by atoms with Crippen LogP contribution in [0.25, 0.3) is 6.08 Å². The highest BCUT2D eigenvalue weighted by atomic mass is 35.5. The fraction of sp³-hybridized carbons (Fsp3) is 0.192. The SMILES string of the molecule is COC(=O)[C@]1(C#N)[C@@H]2c3ccccc3C=C[NH+]2[C@@H](C(=O)Nc2ccc(Cl)cc2)[C@@H]1c1ccco1. The number of benzene rings is 2. The minimum Gasteiger partial charge on any atom is -0.469 e. The van der Waals surface area contributed by atoms with E-state index in [4.69, 9.17) is 20.8 Å². The predicted octanol–water partition coefficient (Wildman–Crippen LogP) is 3.33. The Morgan fingerprint density at radius 3 is 2.59 bits per heavy atom. The third kappa shape index (κ3) is 3.23. The summed E-state index contributed by atoms with van der Waals surface area (Å²) in [6, 6.07) is 18.4. The number of rotatable bonds is 4. The number of carbonyl (C=O) groups excluding carboxylic acids is 2. The predicted molar refractivity (Wildman–Crippen MR) is 125 cm³/mol. The van der Waals surface area contributed by atoms with Crippen LogP contribution in [0.2, 0.25) is 5.02 Å². The molecule has 0 aliphatic carbocycles. The van der Waals surface area contributed by atoms with Crippen molar-refractivity contribution in [2.24, 2.45) is 5.41 Å².